The summed E-state index contributed by atoms with van der Waals surface area (Å²) in [6.07, 6.45) is 0. The quantitative estimate of drug-likeness (QED) is 0.162. The van der Waals surface area contributed by atoms with Crippen LogP contribution in [-0.2, 0) is 0 Å². The van der Waals surface area contributed by atoms with Gasteiger partial charge in [-0.3, -0.25) is 0 Å². The second-order valence-corrected chi connectivity index (χ2v) is 17.9. The first-order chi connectivity index (χ1) is 33.3. The zero-order valence-electron chi connectivity index (χ0n) is 36.2. The first-order valence-corrected chi connectivity index (χ1v) is 23.1. The maximum Gasteiger partial charge on any atom is 0.143 e. The molecule has 0 unspecified atom stereocenters. The lowest BCUT2D eigenvalue weighted by atomic mass is 9.89. The average molecular weight is 851 g/mol. The second-order valence-electron chi connectivity index (χ2n) is 17.9. The Morgan fingerprint density at radius 1 is 0.254 bits per heavy atom. The number of nitrogens with zero attached hydrogens (tertiary/aromatic N) is 2. The van der Waals surface area contributed by atoms with E-state index in [1.54, 1.807) is 0 Å². The molecule has 0 radical (unpaired) electrons. The van der Waals surface area contributed by atoms with E-state index in [0.717, 1.165) is 33.1 Å². The van der Waals surface area contributed by atoms with Crippen LogP contribution >= 0.6 is 0 Å². The van der Waals surface area contributed by atoms with Gasteiger partial charge in [0, 0.05) is 65.0 Å². The molecule has 0 atom stereocenters. The zero-order valence-corrected chi connectivity index (χ0v) is 36.2. The van der Waals surface area contributed by atoms with E-state index in [2.05, 4.69) is 240 Å². The van der Waals surface area contributed by atoms with Gasteiger partial charge < -0.3 is 13.6 Å². The van der Waals surface area contributed by atoms with Gasteiger partial charge in [0.1, 0.15) is 11.2 Å². The standard InChI is InChI=1S/C64H38N2O/c1-5-26-49-45(22-1)60(46-23-2-6-27-50(46)62(49)65-55-32-13-9-18-40(55)41-19-10-14-33-56(41)65)39-36-37-44-53-30-17-31-54(64(53)67-59(44)38-39)61-47-24-3-7-28-51(47)63(52-29-8-4-25-48(52)61)66-57-34-15-11-20-42(57)43-21-12-16-35-58(43)66/h1-38H. The third kappa shape index (κ3) is 5.00. The van der Waals surface area contributed by atoms with Crippen molar-refractivity contribution < 1.29 is 4.42 Å². The van der Waals surface area contributed by atoms with E-state index >= 15 is 0 Å². The number of rotatable bonds is 4. The summed E-state index contributed by atoms with van der Waals surface area (Å²) in [5.41, 5.74) is 13.6. The van der Waals surface area contributed by atoms with Crippen molar-refractivity contribution in [3.05, 3.63) is 231 Å². The van der Waals surface area contributed by atoms with E-state index < -0.39 is 0 Å². The summed E-state index contributed by atoms with van der Waals surface area (Å²) in [7, 11) is 0. The summed E-state index contributed by atoms with van der Waals surface area (Å²) in [4.78, 5) is 0. The molecule has 15 rings (SSSR count). The van der Waals surface area contributed by atoms with Crippen molar-refractivity contribution in [2.24, 2.45) is 0 Å². The fourth-order valence-corrected chi connectivity index (χ4v) is 11.8. The molecule has 0 fully saturated rings. The van der Waals surface area contributed by atoms with Crippen LogP contribution in [0.2, 0.25) is 0 Å². The number of aromatic nitrogens is 2. The highest BCUT2D eigenvalue weighted by molar-refractivity contribution is 6.25. The molecule has 0 spiro atoms. The van der Waals surface area contributed by atoms with Crippen LogP contribution in [0.15, 0.2) is 235 Å². The van der Waals surface area contributed by atoms with E-state index in [9.17, 15) is 0 Å². The molecule has 310 valence electrons. The van der Waals surface area contributed by atoms with Gasteiger partial charge >= 0.3 is 0 Å². The SMILES string of the molecule is c1ccc2c(-n3c4ccccc4c4ccccc43)c3ccccc3c(-c3ccc4c(c3)oc3c(-c5c6ccccc6c(-n6c7ccccc7c7ccccc76)c6ccccc56)cccc34)c2c1. The van der Waals surface area contributed by atoms with Crippen molar-refractivity contribution in [1.82, 2.24) is 9.13 Å². The average Bonchev–Trinajstić information content (AvgIpc) is 4.05. The summed E-state index contributed by atoms with van der Waals surface area (Å²) in [6.45, 7) is 0. The molecule has 0 N–H and O–H groups in total. The van der Waals surface area contributed by atoms with Crippen molar-refractivity contribution in [3.8, 4) is 33.6 Å². The monoisotopic (exact) mass is 850 g/mol. The number of benzene rings is 12. The highest BCUT2D eigenvalue weighted by Crippen LogP contribution is 2.49. The zero-order chi connectivity index (χ0) is 43.7. The van der Waals surface area contributed by atoms with E-state index in [-0.39, 0.29) is 0 Å². The Bertz CT molecular complexity index is 4360. The highest BCUT2D eigenvalue weighted by Gasteiger charge is 2.24. The van der Waals surface area contributed by atoms with Crippen LogP contribution in [0, 0.1) is 0 Å². The number of para-hydroxylation sites is 5. The van der Waals surface area contributed by atoms with Crippen molar-refractivity contribution in [1.29, 1.82) is 0 Å². The molecule has 0 aliphatic rings. The van der Waals surface area contributed by atoms with Crippen molar-refractivity contribution in [2.45, 2.75) is 0 Å². The molecule has 3 heteroatoms. The lowest BCUT2D eigenvalue weighted by Crippen LogP contribution is -1.99. The van der Waals surface area contributed by atoms with Crippen LogP contribution in [-0.4, -0.2) is 9.13 Å². The lowest BCUT2D eigenvalue weighted by molar-refractivity contribution is 0.670. The minimum atomic E-state index is 0.870. The number of hydrogen-bond donors (Lipinski definition) is 0. The van der Waals surface area contributed by atoms with E-state index in [1.165, 1.54) is 109 Å². The summed E-state index contributed by atoms with van der Waals surface area (Å²) < 4.78 is 12.2. The summed E-state index contributed by atoms with van der Waals surface area (Å²) in [5, 5.41) is 16.8. The second kappa shape index (κ2) is 13.8. The molecular weight excluding hydrogens is 813 g/mol. The maximum absolute atomic E-state index is 7.21. The van der Waals surface area contributed by atoms with Crippen LogP contribution in [0.1, 0.15) is 0 Å². The molecular formula is C64H38N2O. The van der Waals surface area contributed by atoms with Gasteiger partial charge in [0.2, 0.25) is 0 Å². The Morgan fingerprint density at radius 3 is 1.01 bits per heavy atom. The van der Waals surface area contributed by atoms with Crippen LogP contribution in [0.3, 0.4) is 0 Å². The molecule has 0 aliphatic carbocycles. The third-order valence-corrected chi connectivity index (χ3v) is 14.5. The molecule has 15 aromatic rings. The Kier molecular flexibility index (Phi) is 7.50. The molecule has 0 saturated carbocycles. The number of hydrogen-bond acceptors (Lipinski definition) is 1. The van der Waals surface area contributed by atoms with Gasteiger partial charge in [0.05, 0.1) is 33.4 Å². The minimum absolute atomic E-state index is 0.870. The predicted octanol–water partition coefficient (Wildman–Crippen LogP) is 17.7. The first kappa shape index (κ1) is 36.4. The maximum atomic E-state index is 7.21. The lowest BCUT2D eigenvalue weighted by Gasteiger charge is -2.19. The molecule has 67 heavy (non-hydrogen) atoms. The molecule has 0 bridgehead atoms. The predicted molar refractivity (Wildman–Crippen MR) is 283 cm³/mol. The Labute approximate surface area is 384 Å². The topological polar surface area (TPSA) is 23.0 Å². The molecule has 0 saturated heterocycles. The van der Waals surface area contributed by atoms with Crippen molar-refractivity contribution in [3.63, 3.8) is 0 Å². The number of furan rings is 1. The number of fused-ring (bicyclic) bond motifs is 13. The smallest absolute Gasteiger partial charge is 0.143 e. The van der Waals surface area contributed by atoms with Crippen LogP contribution < -0.4 is 0 Å². The molecule has 3 aromatic heterocycles. The fraction of sp³-hybridized carbons (Fsp3) is 0. The van der Waals surface area contributed by atoms with Gasteiger partial charge in [0.25, 0.3) is 0 Å². The van der Waals surface area contributed by atoms with Crippen LogP contribution in [0.5, 0.6) is 0 Å². The Hall–Kier alpha value is -8.92. The fourth-order valence-electron chi connectivity index (χ4n) is 11.8. The van der Waals surface area contributed by atoms with Crippen molar-refractivity contribution in [2.75, 3.05) is 0 Å². The van der Waals surface area contributed by atoms with Gasteiger partial charge in [-0.15, -0.1) is 0 Å². The Morgan fingerprint density at radius 2 is 0.597 bits per heavy atom. The normalized spacial score (nSPS) is 12.2. The third-order valence-electron chi connectivity index (χ3n) is 14.5. The molecule has 0 aliphatic heterocycles. The molecule has 12 aromatic carbocycles. The van der Waals surface area contributed by atoms with Gasteiger partial charge in [-0.1, -0.05) is 194 Å². The molecule has 0 amide bonds. The van der Waals surface area contributed by atoms with Gasteiger partial charge in [-0.05, 0) is 69.1 Å². The van der Waals surface area contributed by atoms with E-state index in [0.29, 0.717) is 0 Å². The van der Waals surface area contributed by atoms with Crippen molar-refractivity contribution >= 4 is 109 Å². The van der Waals surface area contributed by atoms with Crippen LogP contribution in [0.4, 0.5) is 0 Å². The summed E-state index contributed by atoms with van der Waals surface area (Å²) in [6, 6.07) is 84.3. The molecule has 3 heterocycles. The van der Waals surface area contributed by atoms with E-state index in [4.69, 9.17) is 4.42 Å². The highest BCUT2D eigenvalue weighted by atomic mass is 16.3. The van der Waals surface area contributed by atoms with Crippen LogP contribution in [0.25, 0.3) is 142 Å². The Balaban J connectivity index is 0.975. The first-order valence-electron chi connectivity index (χ1n) is 23.1. The summed E-state index contributed by atoms with van der Waals surface area (Å²) in [5.74, 6) is 0. The summed E-state index contributed by atoms with van der Waals surface area (Å²) >= 11 is 0. The van der Waals surface area contributed by atoms with Gasteiger partial charge in [-0.2, -0.15) is 0 Å². The van der Waals surface area contributed by atoms with E-state index in [1.807, 2.05) is 0 Å². The molecule has 3 nitrogen and oxygen atoms in total. The van der Waals surface area contributed by atoms with Gasteiger partial charge in [0.15, 0.2) is 0 Å². The largest absolute Gasteiger partial charge is 0.455 e. The van der Waals surface area contributed by atoms with Gasteiger partial charge in [-0.25, -0.2) is 0 Å². The minimum Gasteiger partial charge on any atom is -0.455 e.